The molecule has 2 aromatic carbocycles. The van der Waals surface area contributed by atoms with Crippen molar-refractivity contribution in [2.45, 2.75) is 31.8 Å². The summed E-state index contributed by atoms with van der Waals surface area (Å²) >= 11 is 0. The number of carbonyl (C=O) groups excluding carboxylic acids is 2. The normalized spacial score (nSPS) is 19.5. The monoisotopic (exact) mass is 354 g/mol. The van der Waals surface area contributed by atoms with Gasteiger partial charge < -0.3 is 9.47 Å². The van der Waals surface area contributed by atoms with Crippen molar-refractivity contribution in [2.24, 2.45) is 0 Å². The SMILES string of the molecule is O=C(OCc1ccccc1)C1CCNC(C(=O)OCc2ccccc2)N1. The molecule has 1 aliphatic heterocycles. The van der Waals surface area contributed by atoms with Gasteiger partial charge in [-0.1, -0.05) is 60.7 Å². The fraction of sp³-hybridized carbons (Fsp3) is 0.300. The zero-order valence-corrected chi connectivity index (χ0v) is 14.4. The van der Waals surface area contributed by atoms with E-state index >= 15 is 0 Å². The Morgan fingerprint density at radius 1 is 0.846 bits per heavy atom. The van der Waals surface area contributed by atoms with Crippen LogP contribution in [0.15, 0.2) is 60.7 Å². The highest BCUT2D eigenvalue weighted by molar-refractivity contribution is 5.80. The number of benzene rings is 2. The lowest BCUT2D eigenvalue weighted by Gasteiger charge is -2.29. The summed E-state index contributed by atoms with van der Waals surface area (Å²) in [5.41, 5.74) is 1.84. The van der Waals surface area contributed by atoms with Gasteiger partial charge in [0.05, 0.1) is 0 Å². The Labute approximate surface area is 152 Å². The molecule has 0 aliphatic carbocycles. The molecule has 26 heavy (non-hydrogen) atoms. The van der Waals surface area contributed by atoms with Gasteiger partial charge in [-0.15, -0.1) is 0 Å². The van der Waals surface area contributed by atoms with Crippen LogP contribution < -0.4 is 10.6 Å². The summed E-state index contributed by atoms with van der Waals surface area (Å²) in [6.45, 7) is 0.945. The van der Waals surface area contributed by atoms with Crippen molar-refractivity contribution in [1.82, 2.24) is 10.6 Å². The first kappa shape index (κ1) is 18.1. The van der Waals surface area contributed by atoms with Crippen LogP contribution in [0.5, 0.6) is 0 Å². The van der Waals surface area contributed by atoms with E-state index in [-0.39, 0.29) is 19.2 Å². The molecule has 2 unspecified atom stereocenters. The number of esters is 2. The van der Waals surface area contributed by atoms with Gasteiger partial charge in [-0.3, -0.25) is 15.4 Å². The van der Waals surface area contributed by atoms with Crippen LogP contribution in [0.2, 0.25) is 0 Å². The molecule has 2 aromatic rings. The Morgan fingerprint density at radius 2 is 1.38 bits per heavy atom. The maximum Gasteiger partial charge on any atom is 0.338 e. The highest BCUT2D eigenvalue weighted by Gasteiger charge is 2.31. The van der Waals surface area contributed by atoms with Crippen molar-refractivity contribution in [3.63, 3.8) is 0 Å². The minimum absolute atomic E-state index is 0.197. The Morgan fingerprint density at radius 3 is 1.96 bits per heavy atom. The Balaban J connectivity index is 1.47. The molecule has 0 radical (unpaired) electrons. The van der Waals surface area contributed by atoms with Gasteiger partial charge in [-0.25, -0.2) is 4.79 Å². The van der Waals surface area contributed by atoms with Gasteiger partial charge >= 0.3 is 11.9 Å². The topological polar surface area (TPSA) is 76.7 Å². The number of rotatable bonds is 6. The van der Waals surface area contributed by atoms with Gasteiger partial charge in [0, 0.05) is 0 Å². The van der Waals surface area contributed by atoms with Crippen molar-refractivity contribution < 1.29 is 19.1 Å². The van der Waals surface area contributed by atoms with E-state index in [0.29, 0.717) is 13.0 Å². The van der Waals surface area contributed by atoms with E-state index in [1.807, 2.05) is 60.7 Å². The third kappa shape index (κ3) is 5.15. The second-order valence-corrected chi connectivity index (χ2v) is 6.08. The van der Waals surface area contributed by atoms with Crippen LogP contribution in [-0.4, -0.2) is 30.7 Å². The molecule has 136 valence electrons. The molecule has 1 saturated heterocycles. The molecule has 6 nitrogen and oxygen atoms in total. The molecule has 0 spiro atoms. The van der Waals surface area contributed by atoms with E-state index in [2.05, 4.69) is 10.6 Å². The quantitative estimate of drug-likeness (QED) is 0.770. The van der Waals surface area contributed by atoms with Gasteiger partial charge in [0.2, 0.25) is 0 Å². The molecular weight excluding hydrogens is 332 g/mol. The molecule has 1 aliphatic rings. The molecule has 1 heterocycles. The molecule has 0 bridgehead atoms. The Hall–Kier alpha value is -2.70. The van der Waals surface area contributed by atoms with E-state index < -0.39 is 18.2 Å². The lowest BCUT2D eigenvalue weighted by Crippen LogP contribution is -2.60. The average Bonchev–Trinajstić information content (AvgIpc) is 2.72. The van der Waals surface area contributed by atoms with Gasteiger partial charge in [-0.2, -0.15) is 0 Å². The smallest absolute Gasteiger partial charge is 0.338 e. The summed E-state index contributed by atoms with van der Waals surface area (Å²) in [7, 11) is 0. The molecule has 0 amide bonds. The van der Waals surface area contributed by atoms with Gasteiger partial charge in [-0.05, 0) is 24.1 Å². The third-order valence-electron chi connectivity index (χ3n) is 4.12. The van der Waals surface area contributed by atoms with Crippen LogP contribution in [0.4, 0.5) is 0 Å². The summed E-state index contributed by atoms with van der Waals surface area (Å²) in [5.74, 6) is -0.800. The molecule has 6 heteroatoms. The fourth-order valence-corrected chi connectivity index (χ4v) is 2.69. The van der Waals surface area contributed by atoms with Crippen molar-refractivity contribution in [3.8, 4) is 0 Å². The molecule has 3 rings (SSSR count). The summed E-state index contributed by atoms with van der Waals surface area (Å²) in [5, 5.41) is 5.99. The molecule has 2 atom stereocenters. The molecule has 0 saturated carbocycles. The van der Waals surface area contributed by atoms with Crippen LogP contribution in [0.3, 0.4) is 0 Å². The first-order valence-corrected chi connectivity index (χ1v) is 8.63. The summed E-state index contributed by atoms with van der Waals surface area (Å²) in [6.07, 6.45) is -0.169. The van der Waals surface area contributed by atoms with Crippen LogP contribution in [0.1, 0.15) is 17.5 Å². The highest BCUT2D eigenvalue weighted by atomic mass is 16.5. The zero-order valence-electron chi connectivity index (χ0n) is 14.4. The Bertz CT molecular complexity index is 660. The molecule has 2 N–H and O–H groups in total. The second kappa shape index (κ2) is 9.12. The number of hydrogen-bond donors (Lipinski definition) is 2. The lowest BCUT2D eigenvalue weighted by atomic mass is 10.1. The minimum Gasteiger partial charge on any atom is -0.460 e. The van der Waals surface area contributed by atoms with E-state index in [9.17, 15) is 9.59 Å². The van der Waals surface area contributed by atoms with E-state index in [1.165, 1.54) is 0 Å². The van der Waals surface area contributed by atoms with Crippen LogP contribution in [0.25, 0.3) is 0 Å². The summed E-state index contributed by atoms with van der Waals surface area (Å²) < 4.78 is 10.7. The third-order valence-corrected chi connectivity index (χ3v) is 4.12. The predicted octanol–water partition coefficient (Wildman–Crippen LogP) is 1.75. The lowest BCUT2D eigenvalue weighted by molar-refractivity contribution is -0.153. The number of hydrogen-bond acceptors (Lipinski definition) is 6. The van der Waals surface area contributed by atoms with Crippen LogP contribution >= 0.6 is 0 Å². The highest BCUT2D eigenvalue weighted by Crippen LogP contribution is 2.08. The largest absolute Gasteiger partial charge is 0.460 e. The predicted molar refractivity (Wildman–Crippen MR) is 95.8 cm³/mol. The summed E-state index contributed by atoms with van der Waals surface area (Å²) in [6, 6.07) is 18.4. The van der Waals surface area contributed by atoms with Gasteiger partial charge in [0.1, 0.15) is 19.3 Å². The van der Waals surface area contributed by atoms with Gasteiger partial charge in [0.15, 0.2) is 6.17 Å². The second-order valence-electron chi connectivity index (χ2n) is 6.08. The summed E-state index contributed by atoms with van der Waals surface area (Å²) in [4.78, 5) is 24.5. The maximum absolute atomic E-state index is 12.3. The number of carbonyl (C=O) groups is 2. The van der Waals surface area contributed by atoms with E-state index in [0.717, 1.165) is 11.1 Å². The molecule has 1 fully saturated rings. The van der Waals surface area contributed by atoms with Crippen molar-refractivity contribution in [3.05, 3.63) is 71.8 Å². The number of ether oxygens (including phenoxy) is 2. The van der Waals surface area contributed by atoms with Crippen molar-refractivity contribution >= 4 is 11.9 Å². The van der Waals surface area contributed by atoms with Gasteiger partial charge in [0.25, 0.3) is 0 Å². The van der Waals surface area contributed by atoms with Crippen LogP contribution in [-0.2, 0) is 32.3 Å². The van der Waals surface area contributed by atoms with E-state index in [1.54, 1.807) is 0 Å². The molecule has 0 aromatic heterocycles. The first-order chi connectivity index (χ1) is 12.7. The number of nitrogens with one attached hydrogen (secondary N) is 2. The first-order valence-electron chi connectivity index (χ1n) is 8.63. The fourth-order valence-electron chi connectivity index (χ4n) is 2.69. The minimum atomic E-state index is -0.721. The van der Waals surface area contributed by atoms with Crippen molar-refractivity contribution in [1.29, 1.82) is 0 Å². The molecular formula is C20H22N2O4. The Kier molecular flexibility index (Phi) is 6.35. The average molecular weight is 354 g/mol. The van der Waals surface area contributed by atoms with Crippen LogP contribution in [0, 0.1) is 0 Å². The zero-order chi connectivity index (χ0) is 18.2. The maximum atomic E-state index is 12.3. The van der Waals surface area contributed by atoms with E-state index in [4.69, 9.17) is 9.47 Å². The van der Waals surface area contributed by atoms with Crippen molar-refractivity contribution in [2.75, 3.05) is 6.54 Å². The standard InChI is InChI=1S/C20H22N2O4/c23-19(25-13-15-7-3-1-4-8-15)17-11-12-21-18(22-17)20(24)26-14-16-9-5-2-6-10-16/h1-10,17-18,21-22H,11-14H2.